The Kier molecular flexibility index (Phi) is 6.87. The van der Waals surface area contributed by atoms with E-state index in [9.17, 15) is 14.0 Å². The van der Waals surface area contributed by atoms with E-state index in [1.165, 1.54) is 12.1 Å². The monoisotopic (exact) mass is 374 g/mol. The first kappa shape index (κ1) is 20.4. The molecule has 27 heavy (non-hydrogen) atoms. The molecule has 1 aromatic heterocycles. The molecule has 144 valence electrons. The smallest absolute Gasteiger partial charge is 0.408 e. The first-order chi connectivity index (χ1) is 12.7. The lowest BCUT2D eigenvalue weighted by Gasteiger charge is -2.23. The second-order valence-corrected chi connectivity index (χ2v) is 6.96. The van der Waals surface area contributed by atoms with Crippen molar-refractivity contribution in [3.05, 3.63) is 65.7 Å². The highest BCUT2D eigenvalue weighted by atomic mass is 19.1. The third-order valence-electron chi connectivity index (χ3n) is 3.40. The normalized spacial score (nSPS) is 12.1. The minimum absolute atomic E-state index is 0.0488. The Balaban J connectivity index is 2.06. The molecule has 2 rings (SSSR count). The number of hydrogen-bond acceptors (Lipinski definition) is 5. The van der Waals surface area contributed by atoms with Crippen LogP contribution in [0.3, 0.4) is 0 Å². The molecule has 0 fully saturated rings. The van der Waals surface area contributed by atoms with Gasteiger partial charge >= 0.3 is 12.1 Å². The molecule has 1 amide bonds. The van der Waals surface area contributed by atoms with Crippen LogP contribution in [0.2, 0.25) is 0 Å². The number of carbonyl (C=O) groups excluding carboxylic acids is 2. The number of benzene rings is 1. The maximum atomic E-state index is 13.0. The molecule has 1 atom stereocenters. The maximum absolute atomic E-state index is 13.0. The Morgan fingerprint density at radius 1 is 1.15 bits per heavy atom. The fraction of sp³-hybridized carbons (Fsp3) is 0.350. The van der Waals surface area contributed by atoms with Gasteiger partial charge in [-0.15, -0.1) is 0 Å². The van der Waals surface area contributed by atoms with E-state index >= 15 is 0 Å². The van der Waals surface area contributed by atoms with Crippen LogP contribution in [-0.2, 0) is 27.3 Å². The van der Waals surface area contributed by atoms with Crippen molar-refractivity contribution in [1.29, 1.82) is 0 Å². The number of esters is 1. The van der Waals surface area contributed by atoms with Crippen LogP contribution in [0.5, 0.6) is 0 Å². The molecule has 0 unspecified atom stereocenters. The van der Waals surface area contributed by atoms with Gasteiger partial charge in [0.2, 0.25) is 0 Å². The molecule has 1 aromatic carbocycles. The van der Waals surface area contributed by atoms with Crippen LogP contribution >= 0.6 is 0 Å². The summed E-state index contributed by atoms with van der Waals surface area (Å²) in [5, 5.41) is 2.50. The standard InChI is InChI=1S/C20H23FN2O4/c1-20(2,3)27-19(25)23-17(11-16-10-9-15(21)12-22-16)18(24)26-13-14-7-5-4-6-8-14/h4-10,12,17H,11,13H2,1-3H3,(H,23,25)/t17-/m0/s1. The van der Waals surface area contributed by atoms with E-state index in [-0.39, 0.29) is 13.0 Å². The molecule has 0 aliphatic heterocycles. The van der Waals surface area contributed by atoms with Gasteiger partial charge in [0.15, 0.2) is 0 Å². The average molecular weight is 374 g/mol. The molecular weight excluding hydrogens is 351 g/mol. The second-order valence-electron chi connectivity index (χ2n) is 6.96. The lowest BCUT2D eigenvalue weighted by Crippen LogP contribution is -2.45. The number of aromatic nitrogens is 1. The van der Waals surface area contributed by atoms with E-state index in [1.807, 2.05) is 30.3 Å². The molecule has 0 saturated heterocycles. The Hall–Kier alpha value is -2.96. The average Bonchev–Trinajstić information content (AvgIpc) is 2.60. The molecule has 1 N–H and O–H groups in total. The van der Waals surface area contributed by atoms with Gasteiger partial charge in [-0.3, -0.25) is 4.98 Å². The summed E-state index contributed by atoms with van der Waals surface area (Å²) in [5.41, 5.74) is 0.548. The molecule has 0 aliphatic carbocycles. The van der Waals surface area contributed by atoms with E-state index in [2.05, 4.69) is 10.3 Å². The fourth-order valence-electron chi connectivity index (χ4n) is 2.21. The summed E-state index contributed by atoms with van der Waals surface area (Å²) in [6.07, 6.45) is 0.355. The zero-order chi connectivity index (χ0) is 19.9. The Morgan fingerprint density at radius 2 is 1.85 bits per heavy atom. The lowest BCUT2D eigenvalue weighted by molar-refractivity contribution is -0.147. The van der Waals surface area contributed by atoms with Gasteiger partial charge in [-0.2, -0.15) is 0 Å². The molecule has 0 spiro atoms. The third-order valence-corrected chi connectivity index (χ3v) is 3.40. The molecule has 1 heterocycles. The summed E-state index contributed by atoms with van der Waals surface area (Å²) in [7, 11) is 0. The van der Waals surface area contributed by atoms with Gasteiger partial charge in [-0.25, -0.2) is 14.0 Å². The first-order valence-electron chi connectivity index (χ1n) is 8.53. The van der Waals surface area contributed by atoms with Gasteiger partial charge in [0, 0.05) is 12.1 Å². The van der Waals surface area contributed by atoms with Crippen LogP contribution in [-0.4, -0.2) is 28.7 Å². The van der Waals surface area contributed by atoms with E-state index in [4.69, 9.17) is 9.47 Å². The molecule has 2 aromatic rings. The van der Waals surface area contributed by atoms with Crippen LogP contribution < -0.4 is 5.32 Å². The minimum Gasteiger partial charge on any atom is -0.459 e. The zero-order valence-electron chi connectivity index (χ0n) is 15.6. The van der Waals surface area contributed by atoms with E-state index in [0.29, 0.717) is 5.69 Å². The molecular formula is C20H23FN2O4. The number of amides is 1. The topological polar surface area (TPSA) is 77.5 Å². The van der Waals surface area contributed by atoms with Crippen LogP contribution in [0.15, 0.2) is 48.7 Å². The van der Waals surface area contributed by atoms with E-state index < -0.39 is 29.5 Å². The lowest BCUT2D eigenvalue weighted by atomic mass is 10.1. The van der Waals surface area contributed by atoms with Crippen molar-refractivity contribution in [2.45, 2.75) is 45.4 Å². The Bertz CT molecular complexity index is 758. The number of nitrogens with one attached hydrogen (secondary N) is 1. The van der Waals surface area contributed by atoms with Crippen molar-refractivity contribution in [2.75, 3.05) is 0 Å². The molecule has 7 heteroatoms. The maximum Gasteiger partial charge on any atom is 0.408 e. The number of alkyl carbamates (subject to hydrolysis) is 1. The summed E-state index contributed by atoms with van der Waals surface area (Å²) in [6.45, 7) is 5.23. The highest BCUT2D eigenvalue weighted by molar-refractivity contribution is 5.81. The SMILES string of the molecule is CC(C)(C)OC(=O)N[C@@H](Cc1ccc(F)cn1)C(=O)OCc1ccccc1. The van der Waals surface area contributed by atoms with Gasteiger partial charge in [-0.1, -0.05) is 30.3 Å². The van der Waals surface area contributed by atoms with Crippen LogP contribution in [0.1, 0.15) is 32.0 Å². The van der Waals surface area contributed by atoms with Crippen molar-refractivity contribution in [1.82, 2.24) is 10.3 Å². The number of halogens is 1. The number of rotatable bonds is 6. The molecule has 0 aliphatic rings. The Morgan fingerprint density at radius 3 is 2.44 bits per heavy atom. The quantitative estimate of drug-likeness (QED) is 0.784. The fourth-order valence-corrected chi connectivity index (χ4v) is 2.21. The molecule has 0 saturated carbocycles. The number of pyridine rings is 1. The van der Waals surface area contributed by atoms with Crippen LogP contribution in [0.4, 0.5) is 9.18 Å². The predicted octanol–water partition coefficient (Wildman–Crippen LogP) is 3.40. The zero-order valence-corrected chi connectivity index (χ0v) is 15.6. The van der Waals surface area contributed by atoms with Crippen molar-refractivity contribution >= 4 is 12.1 Å². The van der Waals surface area contributed by atoms with Gasteiger partial charge in [0.25, 0.3) is 0 Å². The van der Waals surface area contributed by atoms with E-state index in [1.54, 1.807) is 20.8 Å². The predicted molar refractivity (Wildman–Crippen MR) is 97.3 cm³/mol. The number of carbonyl (C=O) groups is 2. The van der Waals surface area contributed by atoms with Gasteiger partial charge in [0.1, 0.15) is 24.1 Å². The number of hydrogen-bond donors (Lipinski definition) is 1. The summed E-state index contributed by atoms with van der Waals surface area (Å²) >= 11 is 0. The largest absolute Gasteiger partial charge is 0.459 e. The third kappa shape index (κ3) is 7.43. The van der Waals surface area contributed by atoms with Crippen molar-refractivity contribution in [2.24, 2.45) is 0 Å². The molecule has 6 nitrogen and oxygen atoms in total. The first-order valence-corrected chi connectivity index (χ1v) is 8.53. The highest BCUT2D eigenvalue weighted by Crippen LogP contribution is 2.10. The van der Waals surface area contributed by atoms with Crippen LogP contribution in [0, 0.1) is 5.82 Å². The summed E-state index contributed by atoms with van der Waals surface area (Å²) < 4.78 is 23.5. The Labute approximate surface area is 157 Å². The summed E-state index contributed by atoms with van der Waals surface area (Å²) in [5.74, 6) is -1.11. The van der Waals surface area contributed by atoms with Crippen molar-refractivity contribution in [3.8, 4) is 0 Å². The summed E-state index contributed by atoms with van der Waals surface area (Å²) in [6, 6.07) is 10.9. The highest BCUT2D eigenvalue weighted by Gasteiger charge is 2.26. The molecule has 0 bridgehead atoms. The number of ether oxygens (including phenoxy) is 2. The van der Waals surface area contributed by atoms with Gasteiger partial charge < -0.3 is 14.8 Å². The molecule has 0 radical (unpaired) electrons. The van der Waals surface area contributed by atoms with Crippen LogP contribution in [0.25, 0.3) is 0 Å². The second kappa shape index (κ2) is 9.12. The number of nitrogens with zero attached hydrogens (tertiary/aromatic N) is 1. The summed E-state index contributed by atoms with van der Waals surface area (Å²) in [4.78, 5) is 28.5. The van der Waals surface area contributed by atoms with Crippen molar-refractivity contribution in [3.63, 3.8) is 0 Å². The van der Waals surface area contributed by atoms with Gasteiger partial charge in [0.05, 0.1) is 6.20 Å². The van der Waals surface area contributed by atoms with E-state index in [0.717, 1.165) is 11.8 Å². The van der Waals surface area contributed by atoms with Crippen molar-refractivity contribution < 1.29 is 23.5 Å². The van der Waals surface area contributed by atoms with Gasteiger partial charge in [-0.05, 0) is 38.5 Å². The minimum atomic E-state index is -1.01.